The summed E-state index contributed by atoms with van der Waals surface area (Å²) < 4.78 is 0. The van der Waals surface area contributed by atoms with Crippen LogP contribution in [0.5, 0.6) is 0 Å². The minimum atomic E-state index is -0.261. The van der Waals surface area contributed by atoms with E-state index >= 15 is 0 Å². The molecule has 0 heterocycles. The Balaban J connectivity index is -0.0000000800. The molecule has 0 amide bonds. The molecule has 0 aliphatic carbocycles. The average molecular weight is 191 g/mol. The van der Waals surface area contributed by atoms with Crippen LogP contribution in [0.25, 0.3) is 0 Å². The van der Waals surface area contributed by atoms with E-state index in [1.165, 1.54) is 6.04 Å². The van der Waals surface area contributed by atoms with E-state index in [1.807, 2.05) is 0 Å². The Hall–Kier alpha value is 1.46. The second-order valence-corrected chi connectivity index (χ2v) is 5.05. The Labute approximate surface area is 74.6 Å². The molecule has 0 aromatic heterocycles. The smallest absolute Gasteiger partial charge is 1.00 e. The molecule has 0 saturated carbocycles. The summed E-state index contributed by atoms with van der Waals surface area (Å²) in [5.41, 5.74) is 0. The standard InChI is InChI=1S/C4H11Si.BrH.Mg/c1-4-5(2)3;;/h5H,1,4H2,2-3H3;1H;/q-1;;+2/p-1. The molecule has 40 valence electrons. The maximum absolute atomic E-state index is 3.75. The number of hydrogen-bond acceptors (Lipinski definition) is 0. The minimum Gasteiger partial charge on any atom is -1.00 e. The molecule has 0 saturated heterocycles. The van der Waals surface area contributed by atoms with Gasteiger partial charge in [0.05, 0.1) is 0 Å². The van der Waals surface area contributed by atoms with Crippen molar-refractivity contribution in [3.8, 4) is 0 Å². The van der Waals surface area contributed by atoms with Gasteiger partial charge in [-0.15, -0.1) is 0 Å². The number of halogens is 1. The van der Waals surface area contributed by atoms with Crippen molar-refractivity contribution in [2.24, 2.45) is 0 Å². The first-order valence-electron chi connectivity index (χ1n) is 2.06. The molecule has 0 rings (SSSR count). The van der Waals surface area contributed by atoms with Gasteiger partial charge in [0.25, 0.3) is 0 Å². The Morgan fingerprint density at radius 3 is 1.57 bits per heavy atom. The molecule has 0 unspecified atom stereocenters. The van der Waals surface area contributed by atoms with Gasteiger partial charge in [-0.3, -0.25) is 0 Å². The second-order valence-electron chi connectivity index (χ2n) is 1.68. The van der Waals surface area contributed by atoms with Crippen molar-refractivity contribution in [3.63, 3.8) is 0 Å². The van der Waals surface area contributed by atoms with Gasteiger partial charge in [-0.1, -0.05) is 13.1 Å². The fourth-order valence-corrected chi connectivity index (χ4v) is 0. The summed E-state index contributed by atoms with van der Waals surface area (Å²) in [6, 6.07) is 1.19. The zero-order valence-corrected chi connectivity index (χ0v) is 9.23. The van der Waals surface area contributed by atoms with Crippen LogP contribution in [0.15, 0.2) is 0 Å². The van der Waals surface area contributed by atoms with Crippen molar-refractivity contribution in [1.29, 1.82) is 0 Å². The van der Waals surface area contributed by atoms with Gasteiger partial charge in [-0.2, -0.15) is 6.04 Å². The van der Waals surface area contributed by atoms with Gasteiger partial charge in [-0.05, 0) is 0 Å². The number of rotatable bonds is 1. The second kappa shape index (κ2) is 10.4. The molecule has 0 bridgehead atoms. The van der Waals surface area contributed by atoms with Crippen LogP contribution in [0.1, 0.15) is 0 Å². The van der Waals surface area contributed by atoms with E-state index in [0.29, 0.717) is 0 Å². The molecule has 0 nitrogen and oxygen atoms in total. The van der Waals surface area contributed by atoms with Crippen LogP contribution in [0.3, 0.4) is 0 Å². The molecule has 0 aromatic carbocycles. The van der Waals surface area contributed by atoms with Gasteiger partial charge in [0.2, 0.25) is 0 Å². The molecule has 0 N–H and O–H groups in total. The maximum atomic E-state index is 3.75. The van der Waals surface area contributed by atoms with Crippen molar-refractivity contribution in [3.05, 3.63) is 6.92 Å². The molecule has 7 heavy (non-hydrogen) atoms. The van der Waals surface area contributed by atoms with Gasteiger partial charge < -0.3 is 23.9 Å². The molecule has 0 aliphatic rings. The van der Waals surface area contributed by atoms with E-state index < -0.39 is 0 Å². The van der Waals surface area contributed by atoms with E-state index in [4.69, 9.17) is 0 Å². The Morgan fingerprint density at radius 1 is 1.43 bits per heavy atom. The monoisotopic (exact) mass is 190 g/mol. The van der Waals surface area contributed by atoms with Crippen molar-refractivity contribution in [2.45, 2.75) is 19.1 Å². The van der Waals surface area contributed by atoms with Crippen LogP contribution < -0.4 is 17.0 Å². The van der Waals surface area contributed by atoms with Crippen LogP contribution in [0, 0.1) is 6.92 Å². The minimum absolute atomic E-state index is 0. The molecule has 0 radical (unpaired) electrons. The molecular weight excluding hydrogens is 180 g/mol. The van der Waals surface area contributed by atoms with Crippen LogP contribution in [0.4, 0.5) is 0 Å². The molecule has 0 atom stereocenters. The third-order valence-corrected chi connectivity index (χ3v) is 1.73. The fourth-order valence-electron chi connectivity index (χ4n) is 0. The van der Waals surface area contributed by atoms with Crippen molar-refractivity contribution < 1.29 is 17.0 Å². The average Bonchev–Trinajstić information content (AvgIpc) is 1.38. The predicted octanol–water partition coefficient (Wildman–Crippen LogP) is -2.07. The van der Waals surface area contributed by atoms with Crippen LogP contribution >= 0.6 is 0 Å². The molecule has 3 heteroatoms. The summed E-state index contributed by atoms with van der Waals surface area (Å²) in [5, 5.41) is 0. The summed E-state index contributed by atoms with van der Waals surface area (Å²) in [6.07, 6.45) is 0. The zero-order chi connectivity index (χ0) is 4.28. The van der Waals surface area contributed by atoms with Gasteiger partial charge in [0.1, 0.15) is 0 Å². The quantitative estimate of drug-likeness (QED) is 0.330. The summed E-state index contributed by atoms with van der Waals surface area (Å²) in [6.45, 7) is 8.34. The molecule has 0 fully saturated rings. The largest absolute Gasteiger partial charge is 2.00 e. The van der Waals surface area contributed by atoms with Gasteiger partial charge >= 0.3 is 23.1 Å². The summed E-state index contributed by atoms with van der Waals surface area (Å²) in [5.74, 6) is 0. The summed E-state index contributed by atoms with van der Waals surface area (Å²) in [7, 11) is -0.261. The van der Waals surface area contributed by atoms with Crippen LogP contribution in [0.2, 0.25) is 19.1 Å². The van der Waals surface area contributed by atoms with Crippen LogP contribution in [-0.4, -0.2) is 31.8 Å². The number of hydrogen-bond donors (Lipinski definition) is 0. The zero-order valence-electron chi connectivity index (χ0n) is 5.08. The fraction of sp³-hybridized carbons (Fsp3) is 0.750. The van der Waals surface area contributed by atoms with Crippen molar-refractivity contribution in [1.82, 2.24) is 0 Å². The maximum Gasteiger partial charge on any atom is 2.00 e. The molecular formula is C4H11BrMgSi. The Kier molecular flexibility index (Phi) is 23.6. The third-order valence-electron chi connectivity index (χ3n) is 0.577. The van der Waals surface area contributed by atoms with E-state index in [9.17, 15) is 0 Å². The van der Waals surface area contributed by atoms with Crippen molar-refractivity contribution in [2.75, 3.05) is 0 Å². The van der Waals surface area contributed by atoms with E-state index in [0.717, 1.165) is 0 Å². The normalized spacial score (nSPS) is 6.86. The van der Waals surface area contributed by atoms with E-state index in [-0.39, 0.29) is 48.8 Å². The van der Waals surface area contributed by atoms with Gasteiger partial charge in [-0.25, -0.2) is 0 Å². The first kappa shape index (κ1) is 15.8. The van der Waals surface area contributed by atoms with E-state index in [1.54, 1.807) is 0 Å². The van der Waals surface area contributed by atoms with Gasteiger partial charge in [0, 0.05) is 8.80 Å². The SMILES string of the molecule is [Br-].[CH2-]C[SiH](C)C.[Mg+2]. The first-order chi connectivity index (χ1) is 2.27. The first-order valence-corrected chi connectivity index (χ1v) is 5.19. The van der Waals surface area contributed by atoms with Crippen LogP contribution in [-0.2, 0) is 0 Å². The predicted molar refractivity (Wildman–Crippen MR) is 34.8 cm³/mol. The van der Waals surface area contributed by atoms with Gasteiger partial charge in [0.15, 0.2) is 0 Å². The molecule has 0 aromatic rings. The summed E-state index contributed by atoms with van der Waals surface area (Å²) in [4.78, 5) is 0. The summed E-state index contributed by atoms with van der Waals surface area (Å²) >= 11 is 0. The molecule has 0 spiro atoms. The Bertz CT molecular complexity index is 25.7. The topological polar surface area (TPSA) is 0 Å². The van der Waals surface area contributed by atoms with E-state index in [2.05, 4.69) is 20.0 Å². The van der Waals surface area contributed by atoms with Crippen molar-refractivity contribution >= 4 is 31.8 Å². The molecule has 0 aliphatic heterocycles. The third kappa shape index (κ3) is 18.6. The Morgan fingerprint density at radius 2 is 1.57 bits per heavy atom.